The van der Waals surface area contributed by atoms with Crippen molar-refractivity contribution < 1.29 is 9.53 Å². The third-order valence-electron chi connectivity index (χ3n) is 6.36. The number of carbonyl (C=O) groups excluding carboxylic acids is 1. The van der Waals surface area contributed by atoms with Gasteiger partial charge in [-0.15, -0.1) is 24.0 Å². The number of hydrogen-bond donors (Lipinski definition) is 2. The Bertz CT molecular complexity index is 908. The number of benzene rings is 2. The molecule has 2 heterocycles. The standard InChI is InChI=1S/C26H34N4O2.HI/c1-27-26(30-14-12-21(13-15-30)17-20-7-3-2-4-8-20)28-19-22-9-5-10-23(18-22)29-25(31)24-11-6-16-32-24;/h2-5,7-10,18,21,24H,6,11-17,19H2,1H3,(H,27,28)(H,29,31);1H. The van der Waals surface area contributed by atoms with Crippen molar-refractivity contribution in [2.24, 2.45) is 10.9 Å². The molecule has 0 aromatic heterocycles. The number of guanidine groups is 1. The number of rotatable bonds is 6. The van der Waals surface area contributed by atoms with E-state index in [1.165, 1.54) is 18.4 Å². The Morgan fingerprint density at radius 1 is 1.06 bits per heavy atom. The predicted octanol–water partition coefficient (Wildman–Crippen LogP) is 4.45. The fourth-order valence-corrected chi connectivity index (χ4v) is 4.58. The summed E-state index contributed by atoms with van der Waals surface area (Å²) in [5.74, 6) is 1.62. The smallest absolute Gasteiger partial charge is 0.253 e. The molecule has 2 fully saturated rings. The molecule has 0 spiro atoms. The van der Waals surface area contributed by atoms with Crippen LogP contribution in [0.2, 0.25) is 0 Å². The van der Waals surface area contributed by atoms with E-state index < -0.39 is 0 Å². The molecule has 178 valence electrons. The number of ether oxygens (including phenoxy) is 1. The lowest BCUT2D eigenvalue weighted by atomic mass is 9.90. The number of aliphatic imine (C=N–C) groups is 1. The maximum absolute atomic E-state index is 12.3. The van der Waals surface area contributed by atoms with Crippen LogP contribution >= 0.6 is 24.0 Å². The van der Waals surface area contributed by atoms with Crippen molar-refractivity contribution in [1.82, 2.24) is 10.2 Å². The first-order valence-corrected chi connectivity index (χ1v) is 11.7. The van der Waals surface area contributed by atoms with Crippen molar-refractivity contribution in [3.8, 4) is 0 Å². The first-order chi connectivity index (χ1) is 15.7. The van der Waals surface area contributed by atoms with E-state index in [4.69, 9.17) is 4.74 Å². The van der Waals surface area contributed by atoms with E-state index in [-0.39, 0.29) is 36.0 Å². The van der Waals surface area contributed by atoms with Crippen LogP contribution in [0.3, 0.4) is 0 Å². The summed E-state index contributed by atoms with van der Waals surface area (Å²) in [4.78, 5) is 19.2. The molecular weight excluding hydrogens is 527 g/mol. The summed E-state index contributed by atoms with van der Waals surface area (Å²) >= 11 is 0. The number of halogens is 1. The molecule has 2 aliphatic heterocycles. The van der Waals surface area contributed by atoms with Crippen LogP contribution in [0.4, 0.5) is 5.69 Å². The summed E-state index contributed by atoms with van der Waals surface area (Å²) in [5.41, 5.74) is 3.34. The van der Waals surface area contributed by atoms with Gasteiger partial charge in [-0.2, -0.15) is 0 Å². The van der Waals surface area contributed by atoms with Gasteiger partial charge in [0.2, 0.25) is 0 Å². The van der Waals surface area contributed by atoms with Gasteiger partial charge in [-0.05, 0) is 61.3 Å². The second-order valence-electron chi connectivity index (χ2n) is 8.71. The molecule has 7 heteroatoms. The molecule has 2 aromatic carbocycles. The molecular formula is C26H35IN4O2. The molecule has 1 atom stereocenters. The summed E-state index contributed by atoms with van der Waals surface area (Å²) in [7, 11) is 1.84. The Kier molecular flexibility index (Phi) is 9.99. The maximum atomic E-state index is 12.3. The monoisotopic (exact) mass is 562 g/mol. The van der Waals surface area contributed by atoms with E-state index in [1.54, 1.807) is 0 Å². The molecule has 4 rings (SSSR count). The van der Waals surface area contributed by atoms with Crippen LogP contribution in [0.25, 0.3) is 0 Å². The molecule has 0 radical (unpaired) electrons. The van der Waals surface area contributed by atoms with Gasteiger partial charge in [0.1, 0.15) is 6.10 Å². The van der Waals surface area contributed by atoms with Crippen LogP contribution in [0, 0.1) is 5.92 Å². The van der Waals surface area contributed by atoms with Gasteiger partial charge in [0.15, 0.2) is 5.96 Å². The van der Waals surface area contributed by atoms with Gasteiger partial charge in [-0.25, -0.2) is 0 Å². The highest BCUT2D eigenvalue weighted by Crippen LogP contribution is 2.22. The van der Waals surface area contributed by atoms with E-state index in [2.05, 4.69) is 56.9 Å². The van der Waals surface area contributed by atoms with Gasteiger partial charge in [-0.1, -0.05) is 42.5 Å². The van der Waals surface area contributed by atoms with E-state index in [0.29, 0.717) is 13.2 Å². The van der Waals surface area contributed by atoms with Gasteiger partial charge in [0.25, 0.3) is 5.91 Å². The van der Waals surface area contributed by atoms with Gasteiger partial charge in [-0.3, -0.25) is 9.79 Å². The van der Waals surface area contributed by atoms with Crippen LogP contribution in [0.15, 0.2) is 59.6 Å². The van der Waals surface area contributed by atoms with Crippen molar-refractivity contribution >= 4 is 41.5 Å². The van der Waals surface area contributed by atoms with Crippen molar-refractivity contribution in [1.29, 1.82) is 0 Å². The van der Waals surface area contributed by atoms with Crippen LogP contribution in [0.1, 0.15) is 36.8 Å². The third kappa shape index (κ3) is 7.43. The zero-order valence-electron chi connectivity index (χ0n) is 19.3. The average Bonchev–Trinajstić information content (AvgIpc) is 3.37. The first kappa shape index (κ1) is 25.5. The number of likely N-dealkylation sites (tertiary alicyclic amines) is 1. The number of anilines is 1. The molecule has 0 saturated carbocycles. The summed E-state index contributed by atoms with van der Waals surface area (Å²) in [6.07, 6.45) is 4.95. The topological polar surface area (TPSA) is 66.0 Å². The molecule has 2 aliphatic rings. The third-order valence-corrected chi connectivity index (χ3v) is 6.36. The molecule has 1 unspecified atom stereocenters. The fourth-order valence-electron chi connectivity index (χ4n) is 4.58. The van der Waals surface area contributed by atoms with Crippen molar-refractivity contribution in [3.05, 3.63) is 65.7 Å². The SMILES string of the molecule is CN=C(NCc1cccc(NC(=O)C2CCCO2)c1)N1CCC(Cc2ccccc2)CC1.I. The minimum Gasteiger partial charge on any atom is -0.368 e. The Morgan fingerprint density at radius 2 is 1.82 bits per heavy atom. The Balaban J connectivity index is 0.00000306. The lowest BCUT2D eigenvalue weighted by Crippen LogP contribution is -2.45. The summed E-state index contributed by atoms with van der Waals surface area (Å²) in [5, 5.41) is 6.48. The lowest BCUT2D eigenvalue weighted by Gasteiger charge is -2.34. The summed E-state index contributed by atoms with van der Waals surface area (Å²) in [6.45, 7) is 3.38. The average molecular weight is 562 g/mol. The van der Waals surface area contributed by atoms with Crippen LogP contribution in [-0.2, 0) is 22.5 Å². The van der Waals surface area contributed by atoms with E-state index in [0.717, 1.165) is 55.5 Å². The zero-order chi connectivity index (χ0) is 22.2. The van der Waals surface area contributed by atoms with E-state index in [1.807, 2.05) is 25.2 Å². The highest BCUT2D eigenvalue weighted by molar-refractivity contribution is 14.0. The Labute approximate surface area is 214 Å². The molecule has 2 saturated heterocycles. The maximum Gasteiger partial charge on any atom is 0.253 e. The molecule has 0 bridgehead atoms. The molecule has 6 nitrogen and oxygen atoms in total. The summed E-state index contributed by atoms with van der Waals surface area (Å²) < 4.78 is 5.47. The van der Waals surface area contributed by atoms with Gasteiger partial charge >= 0.3 is 0 Å². The van der Waals surface area contributed by atoms with E-state index in [9.17, 15) is 4.79 Å². The number of nitrogens with one attached hydrogen (secondary N) is 2. The number of carbonyl (C=O) groups is 1. The first-order valence-electron chi connectivity index (χ1n) is 11.7. The lowest BCUT2D eigenvalue weighted by molar-refractivity contribution is -0.124. The van der Waals surface area contributed by atoms with Crippen molar-refractivity contribution in [2.45, 2.75) is 44.8 Å². The second-order valence-corrected chi connectivity index (χ2v) is 8.71. The zero-order valence-corrected chi connectivity index (χ0v) is 21.7. The van der Waals surface area contributed by atoms with Gasteiger partial charge in [0.05, 0.1) is 0 Å². The highest BCUT2D eigenvalue weighted by Gasteiger charge is 2.24. The largest absolute Gasteiger partial charge is 0.368 e. The quantitative estimate of drug-likeness (QED) is 0.310. The second kappa shape index (κ2) is 12.9. The predicted molar refractivity (Wildman–Crippen MR) is 144 cm³/mol. The Morgan fingerprint density at radius 3 is 2.52 bits per heavy atom. The van der Waals surface area contributed by atoms with E-state index >= 15 is 0 Å². The number of hydrogen-bond acceptors (Lipinski definition) is 3. The van der Waals surface area contributed by atoms with Crippen molar-refractivity contribution in [3.63, 3.8) is 0 Å². The molecule has 33 heavy (non-hydrogen) atoms. The molecule has 2 N–H and O–H groups in total. The Hall–Kier alpha value is -2.13. The highest BCUT2D eigenvalue weighted by atomic mass is 127. The van der Waals surface area contributed by atoms with Gasteiger partial charge in [0, 0.05) is 39.0 Å². The molecule has 0 aliphatic carbocycles. The molecule has 1 amide bonds. The van der Waals surface area contributed by atoms with Gasteiger partial charge < -0.3 is 20.3 Å². The fraction of sp³-hybridized carbons (Fsp3) is 0.462. The van der Waals surface area contributed by atoms with Crippen LogP contribution < -0.4 is 10.6 Å². The minimum absolute atomic E-state index is 0. The van der Waals surface area contributed by atoms with Crippen molar-refractivity contribution in [2.75, 3.05) is 32.1 Å². The molecule has 2 aromatic rings. The normalized spacial score (nSPS) is 19.1. The van der Waals surface area contributed by atoms with Crippen LogP contribution in [0.5, 0.6) is 0 Å². The summed E-state index contributed by atoms with van der Waals surface area (Å²) in [6, 6.07) is 18.7. The number of nitrogens with zero attached hydrogens (tertiary/aromatic N) is 2. The minimum atomic E-state index is -0.319. The van der Waals surface area contributed by atoms with Crippen LogP contribution in [-0.4, -0.2) is 49.6 Å². The number of amides is 1. The number of piperidine rings is 1.